The number of amides is 1. The van der Waals surface area contributed by atoms with Gasteiger partial charge in [0.05, 0.1) is 6.04 Å². The number of benzene rings is 1. The Balaban J connectivity index is 2.29. The summed E-state index contributed by atoms with van der Waals surface area (Å²) in [7, 11) is 0. The molecule has 0 saturated heterocycles. The van der Waals surface area contributed by atoms with E-state index in [0.717, 1.165) is 24.0 Å². The SMILES string of the molecule is CCCCCCCC(=O)NC(C)c1ccc(CN)cc1. The van der Waals surface area contributed by atoms with Gasteiger partial charge in [-0.3, -0.25) is 4.79 Å². The lowest BCUT2D eigenvalue weighted by atomic mass is 10.1. The molecule has 1 aromatic rings. The molecular weight excluding hydrogens is 248 g/mol. The molecule has 0 fully saturated rings. The van der Waals surface area contributed by atoms with Gasteiger partial charge in [-0.25, -0.2) is 0 Å². The van der Waals surface area contributed by atoms with E-state index in [1.807, 2.05) is 31.2 Å². The molecular formula is C17H28N2O. The van der Waals surface area contributed by atoms with Crippen LogP contribution in [0.1, 0.15) is 69.5 Å². The van der Waals surface area contributed by atoms with E-state index < -0.39 is 0 Å². The summed E-state index contributed by atoms with van der Waals surface area (Å²) in [6.45, 7) is 4.77. The van der Waals surface area contributed by atoms with Crippen molar-refractivity contribution in [1.29, 1.82) is 0 Å². The lowest BCUT2D eigenvalue weighted by Gasteiger charge is -2.14. The molecule has 0 saturated carbocycles. The van der Waals surface area contributed by atoms with Crippen molar-refractivity contribution in [2.45, 2.75) is 65.0 Å². The number of hydrogen-bond acceptors (Lipinski definition) is 2. The van der Waals surface area contributed by atoms with Crippen LogP contribution in [0.4, 0.5) is 0 Å². The van der Waals surface area contributed by atoms with Crippen molar-refractivity contribution in [3.05, 3.63) is 35.4 Å². The fraction of sp³-hybridized carbons (Fsp3) is 0.588. The summed E-state index contributed by atoms with van der Waals surface area (Å²) >= 11 is 0. The molecule has 112 valence electrons. The molecule has 3 N–H and O–H groups in total. The van der Waals surface area contributed by atoms with Gasteiger partial charge in [-0.1, -0.05) is 56.9 Å². The molecule has 1 aromatic carbocycles. The van der Waals surface area contributed by atoms with Gasteiger partial charge in [0, 0.05) is 13.0 Å². The van der Waals surface area contributed by atoms with Crippen molar-refractivity contribution in [2.75, 3.05) is 0 Å². The molecule has 3 nitrogen and oxygen atoms in total. The van der Waals surface area contributed by atoms with E-state index in [9.17, 15) is 4.79 Å². The molecule has 1 amide bonds. The molecule has 0 spiro atoms. The van der Waals surface area contributed by atoms with Gasteiger partial charge in [0.25, 0.3) is 0 Å². The van der Waals surface area contributed by atoms with E-state index in [1.54, 1.807) is 0 Å². The summed E-state index contributed by atoms with van der Waals surface area (Å²) in [6, 6.07) is 8.17. The first-order valence-electron chi connectivity index (χ1n) is 7.75. The van der Waals surface area contributed by atoms with Crippen LogP contribution in [0.25, 0.3) is 0 Å². The number of carbonyl (C=O) groups is 1. The second kappa shape index (κ2) is 9.54. The lowest BCUT2D eigenvalue weighted by Crippen LogP contribution is -2.26. The van der Waals surface area contributed by atoms with Gasteiger partial charge >= 0.3 is 0 Å². The van der Waals surface area contributed by atoms with Crippen molar-refractivity contribution < 1.29 is 4.79 Å². The van der Waals surface area contributed by atoms with E-state index in [-0.39, 0.29) is 11.9 Å². The van der Waals surface area contributed by atoms with Crippen molar-refractivity contribution in [2.24, 2.45) is 5.73 Å². The third-order valence-corrected chi connectivity index (χ3v) is 3.60. The zero-order valence-electron chi connectivity index (χ0n) is 12.8. The van der Waals surface area contributed by atoms with Gasteiger partial charge in [-0.05, 0) is 24.5 Å². The first kappa shape index (κ1) is 16.7. The second-order valence-electron chi connectivity index (χ2n) is 5.40. The maximum Gasteiger partial charge on any atom is 0.220 e. The maximum absolute atomic E-state index is 11.9. The lowest BCUT2D eigenvalue weighted by molar-refractivity contribution is -0.121. The van der Waals surface area contributed by atoms with Gasteiger partial charge in [-0.15, -0.1) is 0 Å². The normalized spacial score (nSPS) is 12.2. The van der Waals surface area contributed by atoms with Crippen molar-refractivity contribution >= 4 is 5.91 Å². The number of nitrogens with two attached hydrogens (primary N) is 1. The standard InChI is InChI=1S/C17H28N2O/c1-3-4-5-6-7-8-17(20)19-14(2)16-11-9-15(13-18)10-12-16/h9-12,14H,3-8,13,18H2,1-2H3,(H,19,20). The Hall–Kier alpha value is -1.35. The van der Waals surface area contributed by atoms with E-state index >= 15 is 0 Å². The third kappa shape index (κ3) is 6.20. The molecule has 1 unspecified atom stereocenters. The first-order chi connectivity index (χ1) is 9.67. The Morgan fingerprint density at radius 1 is 1.15 bits per heavy atom. The highest BCUT2D eigenvalue weighted by atomic mass is 16.1. The van der Waals surface area contributed by atoms with Crippen LogP contribution >= 0.6 is 0 Å². The van der Waals surface area contributed by atoms with Gasteiger partial charge in [0.15, 0.2) is 0 Å². The van der Waals surface area contributed by atoms with Gasteiger partial charge in [0.1, 0.15) is 0 Å². The fourth-order valence-corrected chi connectivity index (χ4v) is 2.23. The molecule has 1 atom stereocenters. The minimum Gasteiger partial charge on any atom is -0.350 e. The Morgan fingerprint density at radius 2 is 1.80 bits per heavy atom. The molecule has 3 heteroatoms. The average molecular weight is 276 g/mol. The highest BCUT2D eigenvalue weighted by molar-refractivity contribution is 5.76. The van der Waals surface area contributed by atoms with E-state index in [0.29, 0.717) is 13.0 Å². The molecule has 0 aliphatic heterocycles. The van der Waals surface area contributed by atoms with E-state index in [2.05, 4.69) is 12.2 Å². The zero-order chi connectivity index (χ0) is 14.8. The Bertz CT molecular complexity index is 386. The monoisotopic (exact) mass is 276 g/mol. The predicted molar refractivity (Wildman–Crippen MR) is 84.3 cm³/mol. The number of carbonyl (C=O) groups excluding carboxylic acids is 1. The van der Waals surface area contributed by atoms with Crippen LogP contribution in [0.5, 0.6) is 0 Å². The van der Waals surface area contributed by atoms with Crippen LogP contribution in [0.15, 0.2) is 24.3 Å². The number of unbranched alkanes of at least 4 members (excludes halogenated alkanes) is 4. The third-order valence-electron chi connectivity index (χ3n) is 3.60. The highest BCUT2D eigenvalue weighted by Crippen LogP contribution is 2.14. The summed E-state index contributed by atoms with van der Waals surface area (Å²) in [5, 5.41) is 3.05. The van der Waals surface area contributed by atoms with Crippen LogP contribution in [0, 0.1) is 0 Å². The Morgan fingerprint density at radius 3 is 2.40 bits per heavy atom. The summed E-state index contributed by atoms with van der Waals surface area (Å²) < 4.78 is 0. The quantitative estimate of drug-likeness (QED) is 0.676. The summed E-state index contributed by atoms with van der Waals surface area (Å²) in [6.07, 6.45) is 6.52. The van der Waals surface area contributed by atoms with Gasteiger partial charge < -0.3 is 11.1 Å². The van der Waals surface area contributed by atoms with Crippen LogP contribution in [0.2, 0.25) is 0 Å². The summed E-state index contributed by atoms with van der Waals surface area (Å²) in [5.74, 6) is 0.150. The van der Waals surface area contributed by atoms with Crippen LogP contribution in [-0.2, 0) is 11.3 Å². The van der Waals surface area contributed by atoms with Crippen molar-refractivity contribution in [3.63, 3.8) is 0 Å². The second-order valence-corrected chi connectivity index (χ2v) is 5.40. The summed E-state index contributed by atoms with van der Waals surface area (Å²) in [4.78, 5) is 11.9. The highest BCUT2D eigenvalue weighted by Gasteiger charge is 2.09. The average Bonchev–Trinajstić information content (AvgIpc) is 2.47. The molecule has 0 aliphatic rings. The van der Waals surface area contributed by atoms with Crippen LogP contribution in [-0.4, -0.2) is 5.91 Å². The minimum atomic E-state index is 0.0602. The molecule has 0 heterocycles. The molecule has 0 radical (unpaired) electrons. The van der Waals surface area contributed by atoms with Crippen LogP contribution < -0.4 is 11.1 Å². The zero-order valence-corrected chi connectivity index (χ0v) is 12.8. The largest absolute Gasteiger partial charge is 0.350 e. The smallest absolute Gasteiger partial charge is 0.220 e. The van der Waals surface area contributed by atoms with Crippen molar-refractivity contribution in [3.8, 4) is 0 Å². The van der Waals surface area contributed by atoms with E-state index in [4.69, 9.17) is 5.73 Å². The molecule has 0 aliphatic carbocycles. The fourth-order valence-electron chi connectivity index (χ4n) is 2.23. The van der Waals surface area contributed by atoms with Crippen LogP contribution in [0.3, 0.4) is 0 Å². The Kier molecular flexibility index (Phi) is 7.97. The molecule has 0 bridgehead atoms. The molecule has 0 aromatic heterocycles. The van der Waals surface area contributed by atoms with Gasteiger partial charge in [0.2, 0.25) is 5.91 Å². The Labute approximate surface area is 122 Å². The number of hydrogen-bond donors (Lipinski definition) is 2. The minimum absolute atomic E-state index is 0.0602. The van der Waals surface area contributed by atoms with Crippen molar-refractivity contribution in [1.82, 2.24) is 5.32 Å². The number of nitrogens with one attached hydrogen (secondary N) is 1. The molecule has 20 heavy (non-hydrogen) atoms. The van der Waals surface area contributed by atoms with E-state index in [1.165, 1.54) is 19.3 Å². The topological polar surface area (TPSA) is 55.1 Å². The summed E-state index contributed by atoms with van der Waals surface area (Å²) in [5.41, 5.74) is 7.82. The first-order valence-corrected chi connectivity index (χ1v) is 7.75. The maximum atomic E-state index is 11.9. The van der Waals surface area contributed by atoms with Gasteiger partial charge in [-0.2, -0.15) is 0 Å². The number of rotatable bonds is 9. The molecule has 1 rings (SSSR count). The predicted octanol–water partition coefficient (Wildman–Crippen LogP) is 3.68.